The molecule has 0 saturated carbocycles. The van der Waals surface area contributed by atoms with Crippen LogP contribution in [0.2, 0.25) is 0 Å². The van der Waals surface area contributed by atoms with Crippen molar-refractivity contribution in [1.82, 2.24) is 14.8 Å². The molecule has 170 valence electrons. The Labute approximate surface area is 192 Å². The summed E-state index contributed by atoms with van der Waals surface area (Å²) >= 11 is 0. The van der Waals surface area contributed by atoms with E-state index in [2.05, 4.69) is 15.4 Å². The summed E-state index contributed by atoms with van der Waals surface area (Å²) in [7, 11) is 3.10. The molecule has 0 aliphatic carbocycles. The fourth-order valence-electron chi connectivity index (χ4n) is 3.65. The van der Waals surface area contributed by atoms with Crippen LogP contribution in [0.15, 0.2) is 54.6 Å². The van der Waals surface area contributed by atoms with E-state index >= 15 is 0 Å². The van der Waals surface area contributed by atoms with Crippen molar-refractivity contribution in [3.05, 3.63) is 65.9 Å². The molecule has 0 saturated heterocycles. The number of aromatic nitrogens is 3. The Bertz CT molecular complexity index is 1300. The molecule has 4 rings (SSSR count). The lowest BCUT2D eigenvalue weighted by Crippen LogP contribution is -2.30. The molecule has 1 N–H and O–H groups in total. The van der Waals surface area contributed by atoms with Crippen molar-refractivity contribution >= 4 is 22.6 Å². The van der Waals surface area contributed by atoms with Crippen molar-refractivity contribution in [3.8, 4) is 23.1 Å². The second-order valence-electron chi connectivity index (χ2n) is 7.62. The van der Waals surface area contributed by atoms with Crippen molar-refractivity contribution in [2.45, 2.75) is 26.9 Å². The predicted molar refractivity (Wildman–Crippen MR) is 127 cm³/mol. The fourth-order valence-corrected chi connectivity index (χ4v) is 3.65. The number of fused-ring (bicyclic) bond motifs is 1. The van der Waals surface area contributed by atoms with Gasteiger partial charge in [-0.1, -0.05) is 18.2 Å². The van der Waals surface area contributed by atoms with Crippen LogP contribution in [-0.4, -0.2) is 41.0 Å². The van der Waals surface area contributed by atoms with Gasteiger partial charge in [-0.2, -0.15) is 10.1 Å². The number of rotatable bonds is 7. The summed E-state index contributed by atoms with van der Waals surface area (Å²) in [6.45, 7) is 5.61. The van der Waals surface area contributed by atoms with E-state index in [-0.39, 0.29) is 5.91 Å². The van der Waals surface area contributed by atoms with Crippen LogP contribution in [0, 0.1) is 13.8 Å². The Kier molecular flexibility index (Phi) is 6.17. The minimum absolute atomic E-state index is 0.328. The molecule has 2 aromatic heterocycles. The van der Waals surface area contributed by atoms with E-state index < -0.39 is 6.10 Å². The highest BCUT2D eigenvalue weighted by Crippen LogP contribution is 2.30. The average Bonchev–Trinajstić information content (AvgIpc) is 3.16. The zero-order valence-electron chi connectivity index (χ0n) is 19.2. The van der Waals surface area contributed by atoms with Gasteiger partial charge in [-0.3, -0.25) is 4.79 Å². The van der Waals surface area contributed by atoms with E-state index in [1.54, 1.807) is 36.9 Å². The van der Waals surface area contributed by atoms with Gasteiger partial charge in [-0.15, -0.1) is 0 Å². The van der Waals surface area contributed by atoms with Crippen LogP contribution in [0.3, 0.4) is 0 Å². The molecule has 0 fully saturated rings. The van der Waals surface area contributed by atoms with Gasteiger partial charge in [0.25, 0.3) is 5.91 Å². The summed E-state index contributed by atoms with van der Waals surface area (Å²) in [4.78, 5) is 17.5. The molecule has 0 unspecified atom stereocenters. The highest BCUT2D eigenvalue weighted by atomic mass is 16.5. The maximum Gasteiger partial charge on any atom is 0.265 e. The Morgan fingerprint density at radius 2 is 1.79 bits per heavy atom. The number of amides is 1. The summed E-state index contributed by atoms with van der Waals surface area (Å²) in [5.41, 5.74) is 3.95. The van der Waals surface area contributed by atoms with Gasteiger partial charge in [-0.25, -0.2) is 4.68 Å². The van der Waals surface area contributed by atoms with Crippen LogP contribution in [0.5, 0.6) is 17.4 Å². The second kappa shape index (κ2) is 9.20. The zero-order valence-corrected chi connectivity index (χ0v) is 19.2. The van der Waals surface area contributed by atoms with Crippen molar-refractivity contribution in [2.75, 3.05) is 19.5 Å². The van der Waals surface area contributed by atoms with E-state index in [0.717, 1.165) is 22.3 Å². The van der Waals surface area contributed by atoms with E-state index in [1.165, 1.54) is 7.11 Å². The number of nitrogens with zero attached hydrogens (tertiary/aromatic N) is 3. The number of methoxy groups -OCH3 is 2. The van der Waals surface area contributed by atoms with E-state index in [9.17, 15) is 4.79 Å². The molecule has 2 heterocycles. The Morgan fingerprint density at radius 3 is 2.48 bits per heavy atom. The summed E-state index contributed by atoms with van der Waals surface area (Å²) in [6.07, 6.45) is -0.796. The molecule has 0 radical (unpaired) electrons. The average molecular weight is 447 g/mol. The molecule has 0 bridgehead atoms. The van der Waals surface area contributed by atoms with E-state index in [0.29, 0.717) is 28.7 Å². The lowest BCUT2D eigenvalue weighted by Gasteiger charge is -2.16. The normalized spacial score (nSPS) is 11.8. The standard InChI is InChI=1S/C25H26N4O4/c1-15-13-22(27-24-23(15)16(2)28-29(24)18-9-7-6-8-10-18)33-17(3)25(30)26-20-12-11-19(31-4)14-21(20)32-5/h6-14,17H,1-5H3,(H,26,30)/t17-/m1/s1. The second-order valence-corrected chi connectivity index (χ2v) is 7.62. The largest absolute Gasteiger partial charge is 0.497 e. The fraction of sp³-hybridized carbons (Fsp3) is 0.240. The number of pyridine rings is 1. The molecule has 8 nitrogen and oxygen atoms in total. The quantitative estimate of drug-likeness (QED) is 0.451. The maximum absolute atomic E-state index is 12.8. The first kappa shape index (κ1) is 22.1. The monoisotopic (exact) mass is 446 g/mol. The minimum Gasteiger partial charge on any atom is -0.497 e. The summed E-state index contributed by atoms with van der Waals surface area (Å²) in [5.74, 6) is 1.15. The molecule has 0 aliphatic rings. The first-order valence-electron chi connectivity index (χ1n) is 10.5. The topological polar surface area (TPSA) is 87.5 Å². The van der Waals surface area contributed by atoms with Gasteiger partial charge >= 0.3 is 0 Å². The van der Waals surface area contributed by atoms with Gasteiger partial charge in [-0.05, 0) is 50.6 Å². The van der Waals surface area contributed by atoms with Gasteiger partial charge in [0.15, 0.2) is 11.8 Å². The van der Waals surface area contributed by atoms with E-state index in [1.807, 2.05) is 50.2 Å². The van der Waals surface area contributed by atoms with Crippen molar-refractivity contribution in [1.29, 1.82) is 0 Å². The third kappa shape index (κ3) is 4.45. The third-order valence-electron chi connectivity index (χ3n) is 5.32. The van der Waals surface area contributed by atoms with Crippen LogP contribution < -0.4 is 19.5 Å². The Balaban J connectivity index is 1.59. The summed E-state index contributed by atoms with van der Waals surface area (Å²) in [6, 6.07) is 16.8. The maximum atomic E-state index is 12.8. The van der Waals surface area contributed by atoms with Crippen LogP contribution in [0.1, 0.15) is 18.2 Å². The van der Waals surface area contributed by atoms with Gasteiger partial charge < -0.3 is 19.5 Å². The van der Waals surface area contributed by atoms with Crippen molar-refractivity contribution < 1.29 is 19.0 Å². The van der Waals surface area contributed by atoms with Crippen molar-refractivity contribution in [3.63, 3.8) is 0 Å². The van der Waals surface area contributed by atoms with Crippen molar-refractivity contribution in [2.24, 2.45) is 0 Å². The smallest absolute Gasteiger partial charge is 0.265 e. The lowest BCUT2D eigenvalue weighted by atomic mass is 10.1. The molecule has 0 aliphatic heterocycles. The first-order valence-corrected chi connectivity index (χ1v) is 10.5. The number of hydrogen-bond acceptors (Lipinski definition) is 6. The number of anilines is 1. The Morgan fingerprint density at radius 1 is 1.03 bits per heavy atom. The molecule has 2 aromatic carbocycles. The van der Waals surface area contributed by atoms with Crippen LogP contribution in [-0.2, 0) is 4.79 Å². The number of hydrogen-bond donors (Lipinski definition) is 1. The third-order valence-corrected chi connectivity index (χ3v) is 5.32. The molecule has 1 amide bonds. The molecule has 33 heavy (non-hydrogen) atoms. The molecule has 4 aromatic rings. The zero-order chi connectivity index (χ0) is 23.5. The molecular formula is C25H26N4O4. The van der Waals surface area contributed by atoms with Gasteiger partial charge in [0.2, 0.25) is 5.88 Å². The number of aryl methyl sites for hydroxylation is 2. The van der Waals surface area contributed by atoms with Crippen LogP contribution in [0.25, 0.3) is 16.7 Å². The number of nitrogens with one attached hydrogen (secondary N) is 1. The first-order chi connectivity index (χ1) is 15.9. The van der Waals surface area contributed by atoms with Gasteiger partial charge in [0, 0.05) is 17.5 Å². The summed E-state index contributed by atoms with van der Waals surface area (Å²) in [5, 5.41) is 8.46. The number of ether oxygens (including phenoxy) is 3. The van der Waals surface area contributed by atoms with E-state index in [4.69, 9.17) is 14.2 Å². The minimum atomic E-state index is -0.796. The number of carbonyl (C=O) groups excluding carboxylic acids is 1. The highest BCUT2D eigenvalue weighted by Gasteiger charge is 2.20. The van der Waals surface area contributed by atoms with Crippen LogP contribution >= 0.6 is 0 Å². The van der Waals surface area contributed by atoms with Crippen LogP contribution in [0.4, 0.5) is 5.69 Å². The molecule has 0 spiro atoms. The Hall–Kier alpha value is -4.07. The molecular weight excluding hydrogens is 420 g/mol. The summed E-state index contributed by atoms with van der Waals surface area (Å²) < 4.78 is 18.3. The molecule has 8 heteroatoms. The SMILES string of the molecule is COc1ccc(NC(=O)[C@@H](C)Oc2cc(C)c3c(C)nn(-c4ccccc4)c3n2)c(OC)c1. The van der Waals surface area contributed by atoms with Gasteiger partial charge in [0.1, 0.15) is 11.5 Å². The highest BCUT2D eigenvalue weighted by molar-refractivity contribution is 5.95. The molecule has 1 atom stereocenters. The lowest BCUT2D eigenvalue weighted by molar-refractivity contribution is -0.122. The number of carbonyl (C=O) groups is 1. The predicted octanol–water partition coefficient (Wildman–Crippen LogP) is 4.46. The van der Waals surface area contributed by atoms with Gasteiger partial charge in [0.05, 0.1) is 31.3 Å². The number of benzene rings is 2. The number of para-hydroxylation sites is 1.